The summed E-state index contributed by atoms with van der Waals surface area (Å²) in [7, 11) is -3.58. The third-order valence-electron chi connectivity index (χ3n) is 4.17. The topological polar surface area (TPSA) is 30.5 Å². The summed E-state index contributed by atoms with van der Waals surface area (Å²) < 4.78 is 13.2. The van der Waals surface area contributed by atoms with Gasteiger partial charge in [0.25, 0.3) is 0 Å². The summed E-state index contributed by atoms with van der Waals surface area (Å²) in [5.41, 5.74) is 5.78. The summed E-state index contributed by atoms with van der Waals surface area (Å²) in [6.45, 7) is 15.5. The number of rotatable bonds is 5. The summed E-state index contributed by atoms with van der Waals surface area (Å²) >= 11 is 0. The van der Waals surface area contributed by atoms with Crippen molar-refractivity contribution in [2.75, 3.05) is 5.32 Å². The highest BCUT2D eigenvalue weighted by molar-refractivity contribution is 6.71. The normalized spacial score (nSPS) is 18.7. The molecule has 0 aromatic heterocycles. The van der Waals surface area contributed by atoms with Crippen LogP contribution in [0.2, 0.25) is 39.3 Å². The fraction of sp³-hybridized carbons (Fsp3) is 0.364. The van der Waals surface area contributed by atoms with Gasteiger partial charge >= 0.3 is 0 Å². The Morgan fingerprint density at radius 2 is 1.56 bits per heavy atom. The van der Waals surface area contributed by atoms with E-state index in [1.165, 1.54) is 11.1 Å². The molecular weight excluding hydrogens is 366 g/mol. The Bertz CT molecular complexity index is 849. The second-order valence-electron chi connectivity index (χ2n) is 9.13. The lowest BCUT2D eigenvalue weighted by molar-refractivity contribution is 0.282. The molecule has 0 fully saturated rings. The Hall–Kier alpha value is -1.83. The zero-order valence-electron chi connectivity index (χ0n) is 17.5. The summed E-state index contributed by atoms with van der Waals surface area (Å²) in [4.78, 5) is 0. The van der Waals surface area contributed by atoms with E-state index in [2.05, 4.69) is 94.0 Å². The van der Waals surface area contributed by atoms with Gasteiger partial charge in [-0.05, 0) is 57.8 Å². The molecule has 1 aliphatic rings. The first-order valence-corrected chi connectivity index (χ1v) is 16.4. The van der Waals surface area contributed by atoms with Gasteiger partial charge in [-0.25, -0.2) is 0 Å². The lowest BCUT2D eigenvalue weighted by atomic mass is 10.0. The minimum Gasteiger partial charge on any atom is -0.544 e. The maximum absolute atomic E-state index is 6.65. The van der Waals surface area contributed by atoms with Gasteiger partial charge in [0.1, 0.15) is 12.0 Å². The van der Waals surface area contributed by atoms with E-state index in [1.54, 1.807) is 0 Å². The Morgan fingerprint density at radius 1 is 0.889 bits per heavy atom. The zero-order valence-corrected chi connectivity index (χ0v) is 19.5. The summed E-state index contributed by atoms with van der Waals surface area (Å²) in [5, 5.41) is 3.61. The van der Waals surface area contributed by atoms with Crippen LogP contribution in [0, 0.1) is 6.92 Å². The van der Waals surface area contributed by atoms with Gasteiger partial charge in [-0.2, -0.15) is 0 Å². The molecule has 1 N–H and O–H groups in total. The summed E-state index contributed by atoms with van der Waals surface area (Å²) in [6, 6.07) is 17.0. The standard InChI is InChI=1S/C22H31NO2Si2/c1-16-13-14-18-19(15-16)23-22(25-27(5,6)7)20(18)21(24-26(2,3)4)17-11-9-8-10-12-17/h8-15,22-23H,1-7H3. The van der Waals surface area contributed by atoms with Gasteiger partial charge < -0.3 is 14.2 Å². The van der Waals surface area contributed by atoms with Crippen LogP contribution in [0.1, 0.15) is 16.7 Å². The van der Waals surface area contributed by atoms with Crippen molar-refractivity contribution >= 4 is 33.7 Å². The second-order valence-corrected chi connectivity index (χ2v) is 18.0. The molecule has 3 rings (SSSR count). The number of fused-ring (bicyclic) bond motifs is 1. The molecule has 1 heterocycles. The minimum atomic E-state index is -1.82. The van der Waals surface area contributed by atoms with Crippen LogP contribution in [0.3, 0.4) is 0 Å². The highest BCUT2D eigenvalue weighted by Crippen LogP contribution is 2.43. The molecule has 1 aliphatic heterocycles. The SMILES string of the molecule is Cc1ccc2c(c1)NC(O[Si](C)(C)C)C2=C(O[Si](C)(C)C)c1ccccc1. The van der Waals surface area contributed by atoms with E-state index < -0.39 is 16.6 Å². The molecule has 0 amide bonds. The molecule has 1 unspecified atom stereocenters. The smallest absolute Gasteiger partial charge is 0.242 e. The highest BCUT2D eigenvalue weighted by Gasteiger charge is 2.35. The van der Waals surface area contributed by atoms with Crippen LogP contribution in [0.5, 0.6) is 0 Å². The number of hydrogen-bond acceptors (Lipinski definition) is 3. The predicted molar refractivity (Wildman–Crippen MR) is 121 cm³/mol. The van der Waals surface area contributed by atoms with Crippen LogP contribution in [-0.4, -0.2) is 22.9 Å². The van der Waals surface area contributed by atoms with Crippen molar-refractivity contribution in [2.45, 2.75) is 52.4 Å². The molecule has 3 nitrogen and oxygen atoms in total. The van der Waals surface area contributed by atoms with Crippen molar-refractivity contribution in [3.05, 3.63) is 65.2 Å². The number of benzene rings is 2. The lowest BCUT2D eigenvalue weighted by Crippen LogP contribution is -2.35. The first-order valence-electron chi connectivity index (χ1n) is 9.57. The molecular formula is C22H31NO2Si2. The Kier molecular flexibility index (Phi) is 5.39. The average Bonchev–Trinajstić information content (AvgIpc) is 2.87. The van der Waals surface area contributed by atoms with Crippen molar-refractivity contribution < 1.29 is 8.85 Å². The molecule has 0 saturated heterocycles. The van der Waals surface area contributed by atoms with E-state index in [9.17, 15) is 0 Å². The third kappa shape index (κ3) is 4.92. The summed E-state index contributed by atoms with van der Waals surface area (Å²) in [5.74, 6) is 0.952. The van der Waals surface area contributed by atoms with Crippen LogP contribution in [-0.2, 0) is 8.85 Å². The first kappa shape index (κ1) is 19.9. The predicted octanol–water partition coefficient (Wildman–Crippen LogP) is 6.32. The second kappa shape index (κ2) is 7.30. The molecule has 0 saturated carbocycles. The molecule has 5 heteroatoms. The van der Waals surface area contributed by atoms with E-state index in [4.69, 9.17) is 8.85 Å². The van der Waals surface area contributed by atoms with Crippen LogP contribution in [0.15, 0.2) is 48.5 Å². The molecule has 144 valence electrons. The van der Waals surface area contributed by atoms with Crippen molar-refractivity contribution in [1.29, 1.82) is 0 Å². The molecule has 2 aromatic carbocycles. The average molecular weight is 398 g/mol. The lowest BCUT2D eigenvalue weighted by Gasteiger charge is -2.29. The molecule has 0 aliphatic carbocycles. The van der Waals surface area contributed by atoms with Gasteiger partial charge in [-0.1, -0.05) is 42.5 Å². The molecule has 27 heavy (non-hydrogen) atoms. The van der Waals surface area contributed by atoms with E-state index in [0.717, 1.165) is 22.6 Å². The largest absolute Gasteiger partial charge is 0.544 e. The maximum atomic E-state index is 6.65. The van der Waals surface area contributed by atoms with Crippen LogP contribution in [0.25, 0.3) is 11.3 Å². The highest BCUT2D eigenvalue weighted by atomic mass is 28.4. The van der Waals surface area contributed by atoms with Gasteiger partial charge in [0.15, 0.2) is 8.32 Å². The monoisotopic (exact) mass is 397 g/mol. The van der Waals surface area contributed by atoms with Gasteiger partial charge in [-0.15, -0.1) is 0 Å². The van der Waals surface area contributed by atoms with Gasteiger partial charge in [0, 0.05) is 16.8 Å². The van der Waals surface area contributed by atoms with E-state index in [-0.39, 0.29) is 6.23 Å². The van der Waals surface area contributed by atoms with E-state index >= 15 is 0 Å². The Labute approximate surface area is 165 Å². The maximum Gasteiger partial charge on any atom is 0.242 e. The van der Waals surface area contributed by atoms with Crippen molar-refractivity contribution in [3.63, 3.8) is 0 Å². The van der Waals surface area contributed by atoms with E-state index in [0.29, 0.717) is 0 Å². The molecule has 0 radical (unpaired) electrons. The third-order valence-corrected chi connectivity index (χ3v) is 5.93. The van der Waals surface area contributed by atoms with Crippen molar-refractivity contribution in [3.8, 4) is 0 Å². The number of anilines is 1. The van der Waals surface area contributed by atoms with E-state index in [1.807, 2.05) is 6.07 Å². The number of aryl methyl sites for hydroxylation is 1. The Balaban J connectivity index is 2.23. The van der Waals surface area contributed by atoms with Crippen molar-refractivity contribution in [1.82, 2.24) is 0 Å². The number of nitrogens with one attached hydrogen (secondary N) is 1. The van der Waals surface area contributed by atoms with Gasteiger partial charge in [-0.3, -0.25) is 0 Å². The fourth-order valence-electron chi connectivity index (χ4n) is 3.22. The zero-order chi connectivity index (χ0) is 19.8. The molecule has 0 bridgehead atoms. The molecule has 1 atom stereocenters. The summed E-state index contributed by atoms with van der Waals surface area (Å²) in [6.07, 6.45) is -0.181. The van der Waals surface area contributed by atoms with Crippen LogP contribution in [0.4, 0.5) is 5.69 Å². The quantitative estimate of drug-likeness (QED) is 0.473. The van der Waals surface area contributed by atoms with Crippen LogP contribution < -0.4 is 5.32 Å². The minimum absolute atomic E-state index is 0.181. The molecule has 2 aromatic rings. The van der Waals surface area contributed by atoms with Crippen LogP contribution >= 0.6 is 0 Å². The van der Waals surface area contributed by atoms with Gasteiger partial charge in [0.05, 0.1) is 5.57 Å². The first-order chi connectivity index (χ1) is 12.5. The van der Waals surface area contributed by atoms with Gasteiger partial charge in [0.2, 0.25) is 8.32 Å². The molecule has 0 spiro atoms. The Morgan fingerprint density at radius 3 is 2.15 bits per heavy atom. The number of hydrogen-bond donors (Lipinski definition) is 1. The fourth-order valence-corrected chi connectivity index (χ4v) is 4.94. The van der Waals surface area contributed by atoms with Crippen molar-refractivity contribution in [2.24, 2.45) is 0 Å².